The molecule has 4 nitrogen and oxygen atoms in total. The molecule has 1 heterocycles. The number of carbonyl (C=O) groups is 1. The summed E-state index contributed by atoms with van der Waals surface area (Å²) < 4.78 is 0. The fraction of sp³-hybridized carbons (Fsp3) is 0.250. The minimum atomic E-state index is -0.557. The predicted molar refractivity (Wildman–Crippen MR) is 78.4 cm³/mol. The van der Waals surface area contributed by atoms with Crippen LogP contribution in [0, 0.1) is 6.92 Å². The predicted octanol–water partition coefficient (Wildman–Crippen LogP) is 2.17. The second-order valence-corrected chi connectivity index (χ2v) is 4.86. The molecule has 1 aromatic heterocycles. The van der Waals surface area contributed by atoms with Crippen LogP contribution in [0.15, 0.2) is 42.6 Å². The third-order valence-electron chi connectivity index (χ3n) is 2.90. The normalized spacial score (nSPS) is 11.9. The van der Waals surface area contributed by atoms with Crippen molar-refractivity contribution >= 4 is 5.91 Å². The van der Waals surface area contributed by atoms with Gasteiger partial charge in [-0.15, -0.1) is 0 Å². The maximum atomic E-state index is 11.8. The average molecular weight is 270 g/mol. The highest BCUT2D eigenvalue weighted by Crippen LogP contribution is 2.18. The van der Waals surface area contributed by atoms with Gasteiger partial charge in [-0.3, -0.25) is 9.78 Å². The molecule has 0 fully saturated rings. The van der Waals surface area contributed by atoms with Gasteiger partial charge in [0.15, 0.2) is 0 Å². The molecular formula is C16H18N2O2. The zero-order valence-corrected chi connectivity index (χ0v) is 11.6. The van der Waals surface area contributed by atoms with Crippen LogP contribution >= 0.6 is 0 Å². The van der Waals surface area contributed by atoms with E-state index in [1.807, 2.05) is 31.2 Å². The number of aliphatic hydroxyl groups is 1. The van der Waals surface area contributed by atoms with Crippen LogP contribution in [0.1, 0.15) is 22.8 Å². The molecule has 20 heavy (non-hydrogen) atoms. The van der Waals surface area contributed by atoms with E-state index < -0.39 is 6.10 Å². The lowest BCUT2D eigenvalue weighted by molar-refractivity contribution is 0.0923. The summed E-state index contributed by atoms with van der Waals surface area (Å²) in [4.78, 5) is 16.1. The van der Waals surface area contributed by atoms with Crippen molar-refractivity contribution in [3.63, 3.8) is 0 Å². The Kier molecular flexibility index (Phi) is 4.48. The molecule has 0 aliphatic rings. The van der Waals surface area contributed by atoms with Crippen LogP contribution in [-0.4, -0.2) is 28.6 Å². The third kappa shape index (κ3) is 3.65. The fourth-order valence-electron chi connectivity index (χ4n) is 1.85. The Morgan fingerprint density at radius 1 is 1.35 bits per heavy atom. The first kappa shape index (κ1) is 14.2. The number of nitrogens with one attached hydrogen (secondary N) is 1. The maximum Gasteiger partial charge on any atom is 0.252 e. The van der Waals surface area contributed by atoms with Crippen LogP contribution in [0.25, 0.3) is 11.3 Å². The van der Waals surface area contributed by atoms with E-state index in [0.717, 1.165) is 11.3 Å². The smallest absolute Gasteiger partial charge is 0.252 e. The topological polar surface area (TPSA) is 62.2 Å². The molecule has 2 aromatic rings. The van der Waals surface area contributed by atoms with Crippen molar-refractivity contribution in [1.82, 2.24) is 10.3 Å². The first-order valence-electron chi connectivity index (χ1n) is 6.55. The SMILES string of the molecule is Cc1cccc(-c2ccc(C(=O)NCC(C)O)cn2)c1. The van der Waals surface area contributed by atoms with Gasteiger partial charge in [0.2, 0.25) is 0 Å². The molecule has 1 amide bonds. The van der Waals surface area contributed by atoms with E-state index in [-0.39, 0.29) is 12.5 Å². The van der Waals surface area contributed by atoms with Crippen LogP contribution < -0.4 is 5.32 Å². The summed E-state index contributed by atoms with van der Waals surface area (Å²) >= 11 is 0. The molecule has 2 rings (SSSR count). The minimum Gasteiger partial charge on any atom is -0.392 e. The Bertz CT molecular complexity index is 592. The summed E-state index contributed by atoms with van der Waals surface area (Å²) in [6, 6.07) is 11.6. The minimum absolute atomic E-state index is 0.228. The van der Waals surface area contributed by atoms with Gasteiger partial charge in [-0.05, 0) is 32.0 Å². The summed E-state index contributed by atoms with van der Waals surface area (Å²) in [6.07, 6.45) is 0.994. The quantitative estimate of drug-likeness (QED) is 0.895. The number of nitrogens with zero attached hydrogens (tertiary/aromatic N) is 1. The van der Waals surface area contributed by atoms with E-state index >= 15 is 0 Å². The van der Waals surface area contributed by atoms with Gasteiger partial charge in [-0.25, -0.2) is 0 Å². The number of hydrogen-bond donors (Lipinski definition) is 2. The Balaban J connectivity index is 2.12. The first-order chi connectivity index (χ1) is 9.56. The summed E-state index contributed by atoms with van der Waals surface area (Å²) in [5.74, 6) is -0.228. The van der Waals surface area contributed by atoms with Crippen LogP contribution in [-0.2, 0) is 0 Å². The fourth-order valence-corrected chi connectivity index (χ4v) is 1.85. The molecule has 1 unspecified atom stereocenters. The molecule has 0 radical (unpaired) electrons. The van der Waals surface area contributed by atoms with E-state index in [1.54, 1.807) is 19.2 Å². The van der Waals surface area contributed by atoms with E-state index in [0.29, 0.717) is 5.56 Å². The van der Waals surface area contributed by atoms with Gasteiger partial charge in [0, 0.05) is 18.3 Å². The average Bonchev–Trinajstić information content (AvgIpc) is 2.45. The van der Waals surface area contributed by atoms with Gasteiger partial charge in [0.1, 0.15) is 0 Å². The Hall–Kier alpha value is -2.20. The Labute approximate surface area is 118 Å². The van der Waals surface area contributed by atoms with E-state index in [1.165, 1.54) is 5.56 Å². The van der Waals surface area contributed by atoms with Crippen molar-refractivity contribution < 1.29 is 9.90 Å². The van der Waals surface area contributed by atoms with Crippen LogP contribution in [0.3, 0.4) is 0 Å². The molecule has 104 valence electrons. The number of pyridine rings is 1. The summed E-state index contributed by atoms with van der Waals surface area (Å²) in [5, 5.41) is 11.8. The van der Waals surface area contributed by atoms with Crippen molar-refractivity contribution in [2.75, 3.05) is 6.54 Å². The molecule has 2 N–H and O–H groups in total. The zero-order chi connectivity index (χ0) is 14.5. The van der Waals surface area contributed by atoms with Gasteiger partial charge in [-0.1, -0.05) is 23.8 Å². The van der Waals surface area contributed by atoms with Crippen molar-refractivity contribution in [1.29, 1.82) is 0 Å². The summed E-state index contributed by atoms with van der Waals surface area (Å²) in [6.45, 7) is 3.89. The van der Waals surface area contributed by atoms with Crippen molar-refractivity contribution in [3.8, 4) is 11.3 Å². The van der Waals surface area contributed by atoms with Crippen molar-refractivity contribution in [2.24, 2.45) is 0 Å². The molecular weight excluding hydrogens is 252 g/mol. The lowest BCUT2D eigenvalue weighted by Gasteiger charge is -2.07. The van der Waals surface area contributed by atoms with Gasteiger partial charge < -0.3 is 10.4 Å². The Morgan fingerprint density at radius 3 is 2.75 bits per heavy atom. The maximum absolute atomic E-state index is 11.8. The molecule has 0 aliphatic heterocycles. The van der Waals surface area contributed by atoms with Crippen molar-refractivity contribution in [3.05, 3.63) is 53.7 Å². The number of amides is 1. The first-order valence-corrected chi connectivity index (χ1v) is 6.55. The van der Waals surface area contributed by atoms with E-state index in [2.05, 4.69) is 16.4 Å². The molecule has 4 heteroatoms. The highest BCUT2D eigenvalue weighted by molar-refractivity contribution is 5.94. The van der Waals surface area contributed by atoms with Gasteiger partial charge >= 0.3 is 0 Å². The highest BCUT2D eigenvalue weighted by Gasteiger charge is 2.07. The molecule has 0 saturated carbocycles. The second kappa shape index (κ2) is 6.30. The number of rotatable bonds is 4. The number of aromatic nitrogens is 1. The second-order valence-electron chi connectivity index (χ2n) is 4.86. The molecule has 1 aromatic carbocycles. The molecule has 0 saturated heterocycles. The van der Waals surface area contributed by atoms with Gasteiger partial charge in [0.05, 0.1) is 17.4 Å². The van der Waals surface area contributed by atoms with Crippen molar-refractivity contribution in [2.45, 2.75) is 20.0 Å². The summed E-state index contributed by atoms with van der Waals surface area (Å²) in [5.41, 5.74) is 3.52. The van der Waals surface area contributed by atoms with Crippen LogP contribution in [0.5, 0.6) is 0 Å². The number of hydrogen-bond acceptors (Lipinski definition) is 3. The molecule has 0 spiro atoms. The molecule has 0 bridgehead atoms. The largest absolute Gasteiger partial charge is 0.392 e. The van der Waals surface area contributed by atoms with Gasteiger partial charge in [-0.2, -0.15) is 0 Å². The number of aryl methyl sites for hydroxylation is 1. The lowest BCUT2D eigenvalue weighted by atomic mass is 10.1. The van der Waals surface area contributed by atoms with E-state index in [9.17, 15) is 4.79 Å². The van der Waals surface area contributed by atoms with Crippen LogP contribution in [0.2, 0.25) is 0 Å². The Morgan fingerprint density at radius 2 is 2.15 bits per heavy atom. The number of benzene rings is 1. The zero-order valence-electron chi connectivity index (χ0n) is 11.6. The number of carbonyl (C=O) groups excluding carboxylic acids is 1. The third-order valence-corrected chi connectivity index (χ3v) is 2.90. The molecule has 1 atom stereocenters. The highest BCUT2D eigenvalue weighted by atomic mass is 16.3. The lowest BCUT2D eigenvalue weighted by Crippen LogP contribution is -2.30. The van der Waals surface area contributed by atoms with E-state index in [4.69, 9.17) is 5.11 Å². The standard InChI is InChI=1S/C16H18N2O2/c1-11-4-3-5-13(8-11)15-7-6-14(10-17-15)16(20)18-9-12(2)19/h3-8,10,12,19H,9H2,1-2H3,(H,18,20). The number of aliphatic hydroxyl groups excluding tert-OH is 1. The van der Waals surface area contributed by atoms with Crippen LogP contribution in [0.4, 0.5) is 0 Å². The summed E-state index contributed by atoms with van der Waals surface area (Å²) in [7, 11) is 0. The monoisotopic (exact) mass is 270 g/mol. The molecule has 0 aliphatic carbocycles. The van der Waals surface area contributed by atoms with Gasteiger partial charge in [0.25, 0.3) is 5.91 Å².